The highest BCUT2D eigenvalue weighted by Gasteiger charge is 2.26. The largest absolute Gasteiger partial charge is 0.493 e. The van der Waals surface area contributed by atoms with Gasteiger partial charge in [-0.05, 0) is 43.4 Å². The van der Waals surface area contributed by atoms with Gasteiger partial charge in [0.1, 0.15) is 0 Å². The van der Waals surface area contributed by atoms with Crippen LogP contribution in [0.15, 0.2) is 12.1 Å². The van der Waals surface area contributed by atoms with Crippen molar-refractivity contribution in [1.82, 2.24) is 5.32 Å². The molecular formula is C18H29ClN2O4. The van der Waals surface area contributed by atoms with Gasteiger partial charge in [-0.1, -0.05) is 6.42 Å². The molecule has 1 amide bonds. The zero-order valence-corrected chi connectivity index (χ0v) is 16.2. The number of hydrogen-bond donors (Lipinski definition) is 2. The zero-order chi connectivity index (χ0) is 17.7. The first-order valence-electron chi connectivity index (χ1n) is 8.35. The van der Waals surface area contributed by atoms with Gasteiger partial charge in [-0.2, -0.15) is 0 Å². The van der Waals surface area contributed by atoms with Crippen LogP contribution in [-0.2, 0) is 4.79 Å². The normalized spacial score (nSPS) is 20.4. The summed E-state index contributed by atoms with van der Waals surface area (Å²) in [6, 6.07) is 3.69. The van der Waals surface area contributed by atoms with Crippen molar-refractivity contribution in [1.29, 1.82) is 0 Å². The molecule has 1 aromatic rings. The molecule has 1 aromatic carbocycles. The molecule has 0 spiro atoms. The third-order valence-electron chi connectivity index (χ3n) is 4.73. The number of halogens is 1. The number of carbonyl (C=O) groups excluding carboxylic acids is 1. The van der Waals surface area contributed by atoms with E-state index in [-0.39, 0.29) is 36.3 Å². The van der Waals surface area contributed by atoms with Crippen LogP contribution in [0.4, 0.5) is 0 Å². The minimum absolute atomic E-state index is 0. The Morgan fingerprint density at radius 2 is 1.80 bits per heavy atom. The molecule has 0 saturated heterocycles. The van der Waals surface area contributed by atoms with Crippen LogP contribution in [0.3, 0.4) is 0 Å². The van der Waals surface area contributed by atoms with Crippen LogP contribution >= 0.6 is 12.4 Å². The number of carbonyl (C=O) groups is 1. The van der Waals surface area contributed by atoms with Gasteiger partial charge in [-0.25, -0.2) is 0 Å². The molecule has 25 heavy (non-hydrogen) atoms. The van der Waals surface area contributed by atoms with Crippen LogP contribution in [-0.4, -0.2) is 33.3 Å². The Morgan fingerprint density at radius 1 is 1.20 bits per heavy atom. The van der Waals surface area contributed by atoms with Gasteiger partial charge < -0.3 is 25.3 Å². The quantitative estimate of drug-likeness (QED) is 0.769. The van der Waals surface area contributed by atoms with E-state index < -0.39 is 0 Å². The topological polar surface area (TPSA) is 82.8 Å². The van der Waals surface area contributed by atoms with E-state index in [2.05, 4.69) is 5.32 Å². The number of benzene rings is 1. The molecule has 1 fully saturated rings. The Balaban J connectivity index is 0.00000312. The predicted molar refractivity (Wildman–Crippen MR) is 99.8 cm³/mol. The zero-order valence-electron chi connectivity index (χ0n) is 15.3. The molecular weight excluding hydrogens is 344 g/mol. The van der Waals surface area contributed by atoms with E-state index in [0.29, 0.717) is 23.7 Å². The summed E-state index contributed by atoms with van der Waals surface area (Å²) in [4.78, 5) is 12.3. The van der Waals surface area contributed by atoms with E-state index in [9.17, 15) is 4.79 Å². The van der Waals surface area contributed by atoms with E-state index in [1.54, 1.807) is 21.3 Å². The van der Waals surface area contributed by atoms with Crippen molar-refractivity contribution in [2.45, 2.75) is 44.7 Å². The minimum atomic E-state index is -0.163. The highest BCUT2D eigenvalue weighted by molar-refractivity contribution is 5.85. The molecule has 0 aromatic heterocycles. The summed E-state index contributed by atoms with van der Waals surface area (Å²) in [6.45, 7) is 1.94. The van der Waals surface area contributed by atoms with Gasteiger partial charge >= 0.3 is 0 Å². The number of amides is 1. The first-order chi connectivity index (χ1) is 11.5. The van der Waals surface area contributed by atoms with E-state index in [1.165, 1.54) is 0 Å². The van der Waals surface area contributed by atoms with Gasteiger partial charge in [-0.3, -0.25) is 4.79 Å². The summed E-state index contributed by atoms with van der Waals surface area (Å²) in [6.07, 6.45) is 3.64. The second-order valence-corrected chi connectivity index (χ2v) is 6.31. The molecule has 1 saturated carbocycles. The number of hydrogen-bond acceptors (Lipinski definition) is 5. The average Bonchev–Trinajstić information content (AvgIpc) is 2.97. The minimum Gasteiger partial charge on any atom is -0.493 e. The van der Waals surface area contributed by atoms with Crippen LogP contribution in [0.25, 0.3) is 0 Å². The lowest BCUT2D eigenvalue weighted by Gasteiger charge is -2.20. The average molecular weight is 373 g/mol. The summed E-state index contributed by atoms with van der Waals surface area (Å²) >= 11 is 0. The molecule has 6 nitrogen and oxygen atoms in total. The van der Waals surface area contributed by atoms with Crippen LogP contribution in [0, 0.1) is 5.92 Å². The second-order valence-electron chi connectivity index (χ2n) is 6.31. The lowest BCUT2D eigenvalue weighted by atomic mass is 9.99. The van der Waals surface area contributed by atoms with Crippen LogP contribution in [0.1, 0.15) is 44.2 Å². The smallest absolute Gasteiger partial charge is 0.220 e. The van der Waals surface area contributed by atoms with Gasteiger partial charge in [0.05, 0.1) is 27.4 Å². The van der Waals surface area contributed by atoms with Crippen molar-refractivity contribution in [2.75, 3.05) is 21.3 Å². The predicted octanol–water partition coefficient (Wildman–Crippen LogP) is 2.83. The Labute approximate surface area is 155 Å². The Hall–Kier alpha value is -1.66. The van der Waals surface area contributed by atoms with Crippen LogP contribution in [0.2, 0.25) is 0 Å². The molecule has 7 heteroatoms. The molecule has 1 unspecified atom stereocenters. The van der Waals surface area contributed by atoms with Gasteiger partial charge in [0.2, 0.25) is 11.7 Å². The lowest BCUT2D eigenvalue weighted by Crippen LogP contribution is -2.32. The summed E-state index contributed by atoms with van der Waals surface area (Å²) in [5.41, 5.74) is 6.95. The van der Waals surface area contributed by atoms with Crippen molar-refractivity contribution in [2.24, 2.45) is 11.7 Å². The Kier molecular flexibility index (Phi) is 8.32. The number of methoxy groups -OCH3 is 3. The van der Waals surface area contributed by atoms with Crippen molar-refractivity contribution in [3.8, 4) is 17.2 Å². The SMILES string of the molecule is COc1cc(C(C)NC(=O)C[C@@H]2CCC[C@H]2N)cc(OC)c1OC.Cl. The molecule has 1 aliphatic carbocycles. The Bertz CT molecular complexity index is 557. The third-order valence-corrected chi connectivity index (χ3v) is 4.73. The molecule has 0 bridgehead atoms. The van der Waals surface area contributed by atoms with E-state index in [0.717, 1.165) is 24.8 Å². The van der Waals surface area contributed by atoms with Gasteiger partial charge in [0.15, 0.2) is 11.5 Å². The molecule has 3 N–H and O–H groups in total. The van der Waals surface area contributed by atoms with Crippen LogP contribution in [0.5, 0.6) is 17.2 Å². The first kappa shape index (κ1) is 21.4. The first-order valence-corrected chi connectivity index (χ1v) is 8.35. The summed E-state index contributed by atoms with van der Waals surface area (Å²) in [5, 5.41) is 3.04. The fourth-order valence-corrected chi connectivity index (χ4v) is 3.29. The standard InChI is InChI=1S/C18H28N2O4.ClH/c1-11(20-17(21)10-12-6-5-7-14(12)19)13-8-15(22-2)18(24-4)16(9-13)23-3;/h8-9,11-12,14H,5-7,10,19H2,1-4H3,(H,20,21);1H/t11?,12-,14+;/m0./s1. The number of nitrogens with two attached hydrogens (primary N) is 1. The fourth-order valence-electron chi connectivity index (χ4n) is 3.29. The molecule has 3 atom stereocenters. The highest BCUT2D eigenvalue weighted by atomic mass is 35.5. The molecule has 0 radical (unpaired) electrons. The third kappa shape index (κ3) is 5.16. The number of nitrogens with one attached hydrogen (secondary N) is 1. The Morgan fingerprint density at radius 3 is 2.24 bits per heavy atom. The fraction of sp³-hybridized carbons (Fsp3) is 0.611. The van der Waals surface area contributed by atoms with E-state index in [4.69, 9.17) is 19.9 Å². The number of rotatable bonds is 7. The molecule has 0 aliphatic heterocycles. The molecule has 0 heterocycles. The second kappa shape index (κ2) is 9.73. The van der Waals surface area contributed by atoms with Crippen molar-refractivity contribution >= 4 is 18.3 Å². The summed E-state index contributed by atoms with van der Waals surface area (Å²) in [7, 11) is 4.72. The van der Waals surface area contributed by atoms with Crippen molar-refractivity contribution < 1.29 is 19.0 Å². The van der Waals surface area contributed by atoms with Crippen LogP contribution < -0.4 is 25.3 Å². The maximum Gasteiger partial charge on any atom is 0.220 e. The van der Waals surface area contributed by atoms with Gasteiger partial charge in [0, 0.05) is 12.5 Å². The molecule has 2 rings (SSSR count). The maximum absolute atomic E-state index is 12.3. The molecule has 1 aliphatic rings. The van der Waals surface area contributed by atoms with Crippen molar-refractivity contribution in [3.63, 3.8) is 0 Å². The lowest BCUT2D eigenvalue weighted by molar-refractivity contribution is -0.122. The van der Waals surface area contributed by atoms with E-state index >= 15 is 0 Å². The monoisotopic (exact) mass is 372 g/mol. The maximum atomic E-state index is 12.3. The molecule has 142 valence electrons. The van der Waals surface area contributed by atoms with Gasteiger partial charge in [-0.15, -0.1) is 12.4 Å². The summed E-state index contributed by atoms with van der Waals surface area (Å²) in [5.74, 6) is 2.01. The summed E-state index contributed by atoms with van der Waals surface area (Å²) < 4.78 is 16.0. The van der Waals surface area contributed by atoms with Crippen molar-refractivity contribution in [3.05, 3.63) is 17.7 Å². The number of ether oxygens (including phenoxy) is 3. The van der Waals surface area contributed by atoms with E-state index in [1.807, 2.05) is 19.1 Å². The highest BCUT2D eigenvalue weighted by Crippen LogP contribution is 2.39. The van der Waals surface area contributed by atoms with Gasteiger partial charge in [0.25, 0.3) is 0 Å².